The zero-order valence-corrected chi connectivity index (χ0v) is 8.27. The minimum absolute atomic E-state index is 0.00790. The zero-order valence-electron chi connectivity index (χ0n) is 8.27. The number of esters is 1. The molecule has 1 aromatic heterocycles. The molecule has 0 spiro atoms. The molecule has 5 nitrogen and oxygen atoms in total. The number of rotatable bonds is 2. The Bertz CT molecular complexity index is 377. The molecule has 1 atom stereocenters. The maximum atomic E-state index is 12.9. The summed E-state index contributed by atoms with van der Waals surface area (Å²) in [5.41, 5.74) is 0.154. The summed E-state index contributed by atoms with van der Waals surface area (Å²) in [5, 5.41) is 3.90. The number of alkyl halides is 1. The van der Waals surface area contributed by atoms with Crippen LogP contribution in [0.4, 0.5) is 4.39 Å². The summed E-state index contributed by atoms with van der Waals surface area (Å²) in [6.45, 7) is 2.12. The number of carbonyl (C=O) groups excluding carboxylic acids is 1. The molecule has 1 aliphatic rings. The van der Waals surface area contributed by atoms with Crippen LogP contribution in [0.3, 0.4) is 0 Å². The Morgan fingerprint density at radius 1 is 1.87 bits per heavy atom. The average Bonchev–Trinajstić information content (AvgIpc) is 2.60. The number of carbonyl (C=O) groups is 1. The SMILES string of the molecule is CCOC(=O)c1cc2n(n1)C[C@H](F)CO2. The molecule has 1 aromatic rings. The highest BCUT2D eigenvalue weighted by Crippen LogP contribution is 2.20. The van der Waals surface area contributed by atoms with E-state index in [0.29, 0.717) is 5.88 Å². The molecule has 15 heavy (non-hydrogen) atoms. The van der Waals surface area contributed by atoms with Crippen molar-refractivity contribution in [3.8, 4) is 5.88 Å². The van der Waals surface area contributed by atoms with Gasteiger partial charge in [0.15, 0.2) is 11.9 Å². The van der Waals surface area contributed by atoms with Gasteiger partial charge in [0.1, 0.15) is 6.61 Å². The Labute approximate surface area is 85.8 Å². The molecule has 0 unspecified atom stereocenters. The van der Waals surface area contributed by atoms with Crippen LogP contribution >= 0.6 is 0 Å². The molecule has 2 heterocycles. The highest BCUT2D eigenvalue weighted by atomic mass is 19.1. The Morgan fingerprint density at radius 3 is 3.40 bits per heavy atom. The summed E-state index contributed by atoms with van der Waals surface area (Å²) in [5.74, 6) is -0.106. The summed E-state index contributed by atoms with van der Waals surface area (Å²) in [4.78, 5) is 11.3. The summed E-state index contributed by atoms with van der Waals surface area (Å²) in [6, 6.07) is 1.46. The van der Waals surface area contributed by atoms with E-state index in [4.69, 9.17) is 9.47 Å². The number of halogens is 1. The second kappa shape index (κ2) is 3.88. The van der Waals surface area contributed by atoms with Crippen molar-refractivity contribution in [2.45, 2.75) is 19.6 Å². The lowest BCUT2D eigenvalue weighted by Crippen LogP contribution is -2.26. The maximum Gasteiger partial charge on any atom is 0.358 e. The van der Waals surface area contributed by atoms with Gasteiger partial charge in [0, 0.05) is 6.07 Å². The lowest BCUT2D eigenvalue weighted by Gasteiger charge is -2.17. The van der Waals surface area contributed by atoms with Crippen LogP contribution in [-0.4, -0.2) is 35.1 Å². The average molecular weight is 214 g/mol. The van der Waals surface area contributed by atoms with Gasteiger partial charge in [-0.05, 0) is 6.92 Å². The van der Waals surface area contributed by atoms with Gasteiger partial charge in [0.25, 0.3) is 0 Å². The molecule has 0 saturated heterocycles. The maximum absolute atomic E-state index is 12.9. The predicted molar refractivity (Wildman–Crippen MR) is 48.6 cm³/mol. The number of ether oxygens (including phenoxy) is 2. The van der Waals surface area contributed by atoms with Gasteiger partial charge in [-0.15, -0.1) is 0 Å². The smallest absolute Gasteiger partial charge is 0.358 e. The van der Waals surface area contributed by atoms with Crippen molar-refractivity contribution in [2.24, 2.45) is 0 Å². The minimum Gasteiger partial charge on any atom is -0.475 e. The number of nitrogens with zero attached hydrogens (tertiary/aromatic N) is 2. The van der Waals surface area contributed by atoms with Gasteiger partial charge in [0.2, 0.25) is 5.88 Å². The van der Waals surface area contributed by atoms with Crippen molar-refractivity contribution in [3.63, 3.8) is 0 Å². The van der Waals surface area contributed by atoms with E-state index in [1.165, 1.54) is 10.7 Å². The van der Waals surface area contributed by atoms with Crippen molar-refractivity contribution < 1.29 is 18.7 Å². The standard InChI is InChI=1S/C9H11FN2O3/c1-2-14-9(13)7-3-8-12(11-7)4-6(10)5-15-8/h3,6H,2,4-5H2,1H3/t6-/m0/s1. The first kappa shape index (κ1) is 9.95. The third kappa shape index (κ3) is 1.93. The molecule has 0 amide bonds. The highest BCUT2D eigenvalue weighted by molar-refractivity contribution is 5.87. The Hall–Kier alpha value is -1.59. The normalized spacial score (nSPS) is 19.2. The van der Waals surface area contributed by atoms with Gasteiger partial charge in [-0.25, -0.2) is 13.9 Å². The van der Waals surface area contributed by atoms with Crippen molar-refractivity contribution >= 4 is 5.97 Å². The fourth-order valence-electron chi connectivity index (χ4n) is 1.37. The second-order valence-electron chi connectivity index (χ2n) is 3.18. The van der Waals surface area contributed by atoms with Crippen LogP contribution < -0.4 is 4.74 Å². The van der Waals surface area contributed by atoms with Crippen molar-refractivity contribution in [1.82, 2.24) is 9.78 Å². The molecule has 2 rings (SSSR count). The van der Waals surface area contributed by atoms with Gasteiger partial charge in [-0.2, -0.15) is 5.10 Å². The number of hydrogen-bond acceptors (Lipinski definition) is 4. The third-order valence-corrected chi connectivity index (χ3v) is 2.01. The van der Waals surface area contributed by atoms with E-state index in [1.54, 1.807) is 6.92 Å². The van der Waals surface area contributed by atoms with Crippen LogP contribution in [0, 0.1) is 0 Å². The molecule has 1 aliphatic heterocycles. The van der Waals surface area contributed by atoms with Gasteiger partial charge in [-0.3, -0.25) is 0 Å². The molecule has 82 valence electrons. The first-order chi connectivity index (χ1) is 7.20. The van der Waals surface area contributed by atoms with Gasteiger partial charge < -0.3 is 9.47 Å². The highest BCUT2D eigenvalue weighted by Gasteiger charge is 2.23. The van der Waals surface area contributed by atoms with Crippen LogP contribution in [0.25, 0.3) is 0 Å². The monoisotopic (exact) mass is 214 g/mol. The summed E-state index contributed by atoms with van der Waals surface area (Å²) in [6.07, 6.45) is -1.08. The van der Waals surface area contributed by atoms with E-state index in [9.17, 15) is 9.18 Å². The Morgan fingerprint density at radius 2 is 2.67 bits per heavy atom. The van der Waals surface area contributed by atoms with Crippen molar-refractivity contribution in [2.75, 3.05) is 13.2 Å². The molecule has 0 radical (unpaired) electrons. The fraction of sp³-hybridized carbons (Fsp3) is 0.556. The summed E-state index contributed by atoms with van der Waals surface area (Å²) in [7, 11) is 0. The number of aromatic nitrogens is 2. The van der Waals surface area contributed by atoms with Crippen molar-refractivity contribution in [3.05, 3.63) is 11.8 Å². The molecule has 6 heteroatoms. The molecule has 0 bridgehead atoms. The lowest BCUT2D eigenvalue weighted by molar-refractivity contribution is 0.0517. The van der Waals surface area contributed by atoms with Gasteiger partial charge in [-0.1, -0.05) is 0 Å². The predicted octanol–water partition coefficient (Wildman–Crippen LogP) is 0.790. The first-order valence-corrected chi connectivity index (χ1v) is 4.72. The zero-order chi connectivity index (χ0) is 10.8. The first-order valence-electron chi connectivity index (χ1n) is 4.72. The lowest BCUT2D eigenvalue weighted by atomic mass is 10.4. The fourth-order valence-corrected chi connectivity index (χ4v) is 1.37. The van der Waals surface area contributed by atoms with Crippen LogP contribution in [0.2, 0.25) is 0 Å². The minimum atomic E-state index is -1.08. The van der Waals surface area contributed by atoms with E-state index in [2.05, 4.69) is 5.10 Å². The summed E-state index contributed by atoms with van der Waals surface area (Å²) < 4.78 is 24.1. The van der Waals surface area contributed by atoms with Gasteiger partial charge >= 0.3 is 5.97 Å². The van der Waals surface area contributed by atoms with E-state index >= 15 is 0 Å². The van der Waals surface area contributed by atoms with Crippen LogP contribution in [0.5, 0.6) is 5.88 Å². The number of fused-ring (bicyclic) bond motifs is 1. The molecule has 0 saturated carbocycles. The largest absolute Gasteiger partial charge is 0.475 e. The Balaban J connectivity index is 2.19. The topological polar surface area (TPSA) is 53.4 Å². The van der Waals surface area contributed by atoms with Gasteiger partial charge in [0.05, 0.1) is 13.2 Å². The third-order valence-electron chi connectivity index (χ3n) is 2.01. The molecule has 0 N–H and O–H groups in total. The molecule has 0 aliphatic carbocycles. The number of hydrogen-bond donors (Lipinski definition) is 0. The quantitative estimate of drug-likeness (QED) is 0.683. The Kier molecular flexibility index (Phi) is 2.57. The molecular formula is C9H11FN2O3. The van der Waals surface area contributed by atoms with Crippen LogP contribution in [0.1, 0.15) is 17.4 Å². The van der Waals surface area contributed by atoms with Crippen LogP contribution in [-0.2, 0) is 11.3 Å². The molecule has 0 aromatic carbocycles. The van der Waals surface area contributed by atoms with E-state index in [0.717, 1.165) is 0 Å². The second-order valence-corrected chi connectivity index (χ2v) is 3.18. The van der Waals surface area contributed by atoms with E-state index < -0.39 is 12.1 Å². The molecular weight excluding hydrogens is 203 g/mol. The summed E-state index contributed by atoms with van der Waals surface area (Å²) >= 11 is 0. The van der Waals surface area contributed by atoms with E-state index in [1.807, 2.05) is 0 Å². The van der Waals surface area contributed by atoms with E-state index in [-0.39, 0.29) is 25.5 Å². The van der Waals surface area contributed by atoms with Crippen molar-refractivity contribution in [1.29, 1.82) is 0 Å². The van der Waals surface area contributed by atoms with Crippen LogP contribution in [0.15, 0.2) is 6.07 Å². The molecule has 0 fully saturated rings.